The molecule has 1 unspecified atom stereocenters. The summed E-state index contributed by atoms with van der Waals surface area (Å²) in [4.78, 5) is 8.84. The molecule has 0 bridgehead atoms. The summed E-state index contributed by atoms with van der Waals surface area (Å²) >= 11 is 0. The summed E-state index contributed by atoms with van der Waals surface area (Å²) in [7, 11) is 0. The first-order chi connectivity index (χ1) is 10.1. The Hall–Kier alpha value is -1.75. The lowest BCUT2D eigenvalue weighted by molar-refractivity contribution is 0.446. The van der Waals surface area contributed by atoms with Gasteiger partial charge >= 0.3 is 0 Å². The number of nitrogens with one attached hydrogen (secondary N) is 1. The van der Waals surface area contributed by atoms with Gasteiger partial charge in [0.25, 0.3) is 0 Å². The van der Waals surface area contributed by atoms with Crippen molar-refractivity contribution in [1.82, 2.24) is 25.1 Å². The highest BCUT2D eigenvalue weighted by Gasteiger charge is 2.17. The molecule has 2 aromatic rings. The van der Waals surface area contributed by atoms with Gasteiger partial charge in [-0.2, -0.15) is 5.10 Å². The summed E-state index contributed by atoms with van der Waals surface area (Å²) in [5, 5.41) is 7.89. The van der Waals surface area contributed by atoms with Crippen LogP contribution in [-0.4, -0.2) is 26.3 Å². The van der Waals surface area contributed by atoms with Crippen LogP contribution in [0, 0.1) is 12.8 Å². The van der Waals surface area contributed by atoms with E-state index in [0.29, 0.717) is 5.92 Å². The van der Waals surface area contributed by atoms with Crippen molar-refractivity contribution in [1.29, 1.82) is 0 Å². The third kappa shape index (κ3) is 4.11. The number of hydrogen-bond acceptors (Lipinski definition) is 4. The van der Waals surface area contributed by atoms with Crippen molar-refractivity contribution in [3.05, 3.63) is 41.7 Å². The van der Waals surface area contributed by atoms with Gasteiger partial charge in [0, 0.05) is 30.9 Å². The average Bonchev–Trinajstić information content (AvgIpc) is 2.85. The molecule has 1 N–H and O–H groups in total. The largest absolute Gasteiger partial charge is 0.310 e. The number of likely N-dealkylation sites (N-methyl/N-ethyl adjacent to an activating group) is 1. The third-order valence-corrected chi connectivity index (χ3v) is 3.49. The number of aryl methyl sites for hydroxylation is 1. The lowest BCUT2D eigenvalue weighted by Crippen LogP contribution is -2.26. The smallest absolute Gasteiger partial charge is 0.138 e. The highest BCUT2D eigenvalue weighted by atomic mass is 15.3. The van der Waals surface area contributed by atoms with Gasteiger partial charge in [0.2, 0.25) is 0 Å². The average molecular weight is 287 g/mol. The zero-order valence-electron chi connectivity index (χ0n) is 13.4. The fourth-order valence-corrected chi connectivity index (χ4v) is 2.53. The molecular weight excluding hydrogens is 262 g/mol. The Balaban J connectivity index is 2.21. The van der Waals surface area contributed by atoms with Crippen molar-refractivity contribution in [2.75, 3.05) is 6.54 Å². The van der Waals surface area contributed by atoms with Crippen LogP contribution in [0.1, 0.15) is 43.9 Å². The predicted octanol–water partition coefficient (Wildman–Crippen LogP) is 2.53. The molecule has 2 aromatic heterocycles. The lowest BCUT2D eigenvalue weighted by atomic mass is 10.0. The first kappa shape index (κ1) is 15.6. The Morgan fingerprint density at radius 3 is 2.76 bits per heavy atom. The van der Waals surface area contributed by atoms with E-state index < -0.39 is 0 Å². The van der Waals surface area contributed by atoms with E-state index in [1.807, 2.05) is 16.9 Å². The molecule has 0 fully saturated rings. The SMILES string of the molecule is CCNC(Cc1ncnn1CC(C)C)c1cccnc1C. The highest BCUT2D eigenvalue weighted by Crippen LogP contribution is 2.19. The van der Waals surface area contributed by atoms with E-state index in [-0.39, 0.29) is 6.04 Å². The highest BCUT2D eigenvalue weighted by molar-refractivity contribution is 5.23. The molecule has 0 amide bonds. The summed E-state index contributed by atoms with van der Waals surface area (Å²) in [5.41, 5.74) is 2.30. The van der Waals surface area contributed by atoms with E-state index in [0.717, 1.165) is 31.0 Å². The van der Waals surface area contributed by atoms with Crippen molar-refractivity contribution in [3.8, 4) is 0 Å². The summed E-state index contributed by atoms with van der Waals surface area (Å²) in [5.74, 6) is 1.58. The van der Waals surface area contributed by atoms with Crippen LogP contribution in [0.2, 0.25) is 0 Å². The molecule has 5 nitrogen and oxygen atoms in total. The van der Waals surface area contributed by atoms with Crippen LogP contribution in [0.5, 0.6) is 0 Å². The van der Waals surface area contributed by atoms with Gasteiger partial charge in [-0.05, 0) is 31.0 Å². The van der Waals surface area contributed by atoms with Gasteiger partial charge < -0.3 is 5.32 Å². The fraction of sp³-hybridized carbons (Fsp3) is 0.562. The Kier molecular flexibility index (Phi) is 5.44. The normalized spacial score (nSPS) is 12.8. The van der Waals surface area contributed by atoms with Crippen molar-refractivity contribution in [2.24, 2.45) is 5.92 Å². The fourth-order valence-electron chi connectivity index (χ4n) is 2.53. The first-order valence-corrected chi connectivity index (χ1v) is 7.63. The van der Waals surface area contributed by atoms with Gasteiger partial charge in [0.05, 0.1) is 0 Å². The van der Waals surface area contributed by atoms with Crippen LogP contribution in [0.4, 0.5) is 0 Å². The molecule has 0 aromatic carbocycles. The number of hydrogen-bond donors (Lipinski definition) is 1. The van der Waals surface area contributed by atoms with Crippen LogP contribution in [0.15, 0.2) is 24.7 Å². The summed E-state index contributed by atoms with van der Waals surface area (Å²) in [6, 6.07) is 4.35. The molecule has 21 heavy (non-hydrogen) atoms. The molecule has 114 valence electrons. The maximum atomic E-state index is 4.44. The molecule has 1 atom stereocenters. The van der Waals surface area contributed by atoms with E-state index >= 15 is 0 Å². The predicted molar refractivity (Wildman–Crippen MR) is 84.0 cm³/mol. The van der Waals surface area contributed by atoms with Crippen LogP contribution in [0.25, 0.3) is 0 Å². The topological polar surface area (TPSA) is 55.6 Å². The van der Waals surface area contributed by atoms with Crippen LogP contribution in [0.3, 0.4) is 0 Å². The van der Waals surface area contributed by atoms with E-state index in [4.69, 9.17) is 0 Å². The second-order valence-electron chi connectivity index (χ2n) is 5.74. The minimum Gasteiger partial charge on any atom is -0.310 e. The van der Waals surface area contributed by atoms with Crippen molar-refractivity contribution >= 4 is 0 Å². The minimum absolute atomic E-state index is 0.221. The maximum Gasteiger partial charge on any atom is 0.138 e. The molecule has 0 saturated carbocycles. The Morgan fingerprint density at radius 2 is 2.10 bits per heavy atom. The van der Waals surface area contributed by atoms with E-state index in [1.54, 1.807) is 6.33 Å². The van der Waals surface area contributed by atoms with Crippen molar-refractivity contribution < 1.29 is 0 Å². The van der Waals surface area contributed by atoms with Gasteiger partial charge in [-0.3, -0.25) is 4.98 Å². The minimum atomic E-state index is 0.221. The maximum absolute atomic E-state index is 4.44. The van der Waals surface area contributed by atoms with E-state index in [9.17, 15) is 0 Å². The van der Waals surface area contributed by atoms with Gasteiger partial charge in [0.1, 0.15) is 12.2 Å². The molecule has 0 spiro atoms. The number of pyridine rings is 1. The second kappa shape index (κ2) is 7.31. The standard InChI is InChI=1S/C16H25N5/c1-5-17-15(14-7-6-8-18-13(14)4)9-16-19-11-20-21(16)10-12(2)3/h6-8,11-12,15,17H,5,9-10H2,1-4H3. The van der Waals surface area contributed by atoms with Gasteiger partial charge in [0.15, 0.2) is 0 Å². The van der Waals surface area contributed by atoms with E-state index in [2.05, 4.69) is 54.1 Å². The van der Waals surface area contributed by atoms with E-state index in [1.165, 1.54) is 5.56 Å². The van der Waals surface area contributed by atoms with Gasteiger partial charge in [-0.1, -0.05) is 26.8 Å². The quantitative estimate of drug-likeness (QED) is 0.850. The van der Waals surface area contributed by atoms with Crippen LogP contribution < -0.4 is 5.32 Å². The first-order valence-electron chi connectivity index (χ1n) is 7.63. The van der Waals surface area contributed by atoms with Gasteiger partial charge in [-0.25, -0.2) is 9.67 Å². The second-order valence-corrected chi connectivity index (χ2v) is 5.74. The number of rotatable bonds is 7. The summed E-state index contributed by atoms with van der Waals surface area (Å²) in [6.45, 7) is 10.4. The molecule has 0 aliphatic rings. The zero-order valence-corrected chi connectivity index (χ0v) is 13.4. The molecule has 2 heterocycles. The number of aromatic nitrogens is 4. The summed E-state index contributed by atoms with van der Waals surface area (Å²) < 4.78 is 2.01. The molecule has 0 aliphatic heterocycles. The van der Waals surface area contributed by atoms with Crippen LogP contribution >= 0.6 is 0 Å². The zero-order chi connectivity index (χ0) is 15.2. The molecular formula is C16H25N5. The molecule has 2 rings (SSSR count). The van der Waals surface area contributed by atoms with Crippen molar-refractivity contribution in [3.63, 3.8) is 0 Å². The van der Waals surface area contributed by atoms with Gasteiger partial charge in [-0.15, -0.1) is 0 Å². The Labute approximate surface area is 126 Å². The van der Waals surface area contributed by atoms with Crippen molar-refractivity contribution in [2.45, 2.75) is 46.7 Å². The Bertz CT molecular complexity index is 561. The third-order valence-electron chi connectivity index (χ3n) is 3.49. The monoisotopic (exact) mass is 287 g/mol. The van der Waals surface area contributed by atoms with Crippen LogP contribution in [-0.2, 0) is 13.0 Å². The Morgan fingerprint density at radius 1 is 1.29 bits per heavy atom. The number of nitrogens with zero attached hydrogens (tertiary/aromatic N) is 4. The lowest BCUT2D eigenvalue weighted by Gasteiger charge is -2.20. The molecule has 0 aliphatic carbocycles. The molecule has 0 radical (unpaired) electrons. The summed E-state index contributed by atoms with van der Waals surface area (Å²) in [6.07, 6.45) is 4.31. The molecule has 5 heteroatoms. The molecule has 0 saturated heterocycles.